The average molecular weight is 465 g/mol. The first-order valence-electron chi connectivity index (χ1n) is 10.7. The van der Waals surface area contributed by atoms with E-state index in [0.717, 1.165) is 35.9 Å². The molecule has 2 aromatic heterocycles. The Kier molecular flexibility index (Phi) is 6.06. The molecule has 1 aliphatic heterocycles. The molecule has 1 aliphatic carbocycles. The maximum atomic E-state index is 12.4. The zero-order valence-corrected chi connectivity index (χ0v) is 18.9. The van der Waals surface area contributed by atoms with E-state index in [2.05, 4.69) is 14.7 Å². The summed E-state index contributed by atoms with van der Waals surface area (Å²) in [5, 5.41) is 0. The Morgan fingerprint density at radius 3 is 2.55 bits per heavy atom. The smallest absolute Gasteiger partial charge is 0.422 e. The van der Waals surface area contributed by atoms with E-state index in [0.29, 0.717) is 18.1 Å². The minimum atomic E-state index is -4.40. The molecule has 0 radical (unpaired) electrons. The second-order valence-corrected chi connectivity index (χ2v) is 8.60. The van der Waals surface area contributed by atoms with Crippen molar-refractivity contribution in [2.75, 3.05) is 30.5 Å². The molecule has 1 saturated carbocycles. The lowest BCUT2D eigenvalue weighted by Gasteiger charge is -2.38. The number of ether oxygens (including phenoxy) is 2. The standard InChI is InChI=1S/C22H26F3N5O3/c1-12-19-20(29(3)13(2)21(31)30(19)4)28-17(27-12)9-14-7-16(8-14)33-15-5-6-18(26-10-15)32-11-22(23,24)25/h5-6,10,13-14,16H,7-9,11H2,1-4H3/t13-,14?,16?/m0/s1. The number of anilines is 2. The van der Waals surface area contributed by atoms with Crippen LogP contribution in [-0.4, -0.2) is 59.9 Å². The Hall–Kier alpha value is -3.11. The van der Waals surface area contributed by atoms with E-state index in [9.17, 15) is 18.0 Å². The summed E-state index contributed by atoms with van der Waals surface area (Å²) in [5.74, 6) is 2.26. The zero-order valence-electron chi connectivity index (χ0n) is 18.9. The third-order valence-electron chi connectivity index (χ3n) is 6.08. The van der Waals surface area contributed by atoms with Crippen molar-refractivity contribution in [2.24, 2.45) is 5.92 Å². The first kappa shape index (κ1) is 23.1. The highest BCUT2D eigenvalue weighted by molar-refractivity contribution is 6.04. The molecule has 4 rings (SSSR count). The third-order valence-corrected chi connectivity index (χ3v) is 6.08. The summed E-state index contributed by atoms with van der Waals surface area (Å²) in [4.78, 5) is 29.1. The molecule has 2 aromatic rings. The van der Waals surface area contributed by atoms with Gasteiger partial charge in [0, 0.05) is 26.6 Å². The number of carbonyl (C=O) groups excluding carboxylic acids is 1. The van der Waals surface area contributed by atoms with Crippen LogP contribution in [0.25, 0.3) is 0 Å². The van der Waals surface area contributed by atoms with Gasteiger partial charge in [0.25, 0.3) is 0 Å². The molecule has 0 spiro atoms. The maximum Gasteiger partial charge on any atom is 0.422 e. The highest BCUT2D eigenvalue weighted by Gasteiger charge is 2.36. The highest BCUT2D eigenvalue weighted by Crippen LogP contribution is 2.37. The van der Waals surface area contributed by atoms with Crippen molar-refractivity contribution in [1.82, 2.24) is 15.0 Å². The number of halogens is 3. The Morgan fingerprint density at radius 2 is 1.91 bits per heavy atom. The van der Waals surface area contributed by atoms with E-state index < -0.39 is 12.8 Å². The van der Waals surface area contributed by atoms with Gasteiger partial charge in [0.05, 0.1) is 18.0 Å². The second-order valence-electron chi connectivity index (χ2n) is 8.60. The molecule has 1 amide bonds. The summed E-state index contributed by atoms with van der Waals surface area (Å²) >= 11 is 0. The fraction of sp³-hybridized carbons (Fsp3) is 0.545. The summed E-state index contributed by atoms with van der Waals surface area (Å²) in [6.07, 6.45) is -0.699. The zero-order chi connectivity index (χ0) is 23.9. The molecule has 0 saturated heterocycles. The van der Waals surface area contributed by atoms with Gasteiger partial charge in [0.2, 0.25) is 11.8 Å². The van der Waals surface area contributed by atoms with Crippen LogP contribution in [0.5, 0.6) is 11.6 Å². The number of likely N-dealkylation sites (N-methyl/N-ethyl adjacent to an activating group) is 2. The quantitative estimate of drug-likeness (QED) is 0.648. The van der Waals surface area contributed by atoms with E-state index >= 15 is 0 Å². The van der Waals surface area contributed by atoms with E-state index in [1.54, 1.807) is 18.0 Å². The number of pyridine rings is 1. The van der Waals surface area contributed by atoms with Crippen molar-refractivity contribution in [3.8, 4) is 11.6 Å². The summed E-state index contributed by atoms with van der Waals surface area (Å²) in [6.45, 7) is 2.37. The van der Waals surface area contributed by atoms with Gasteiger partial charge in [0.1, 0.15) is 23.3 Å². The number of nitrogens with zero attached hydrogens (tertiary/aromatic N) is 5. The topological polar surface area (TPSA) is 80.7 Å². The van der Waals surface area contributed by atoms with E-state index in [1.807, 2.05) is 25.8 Å². The summed E-state index contributed by atoms with van der Waals surface area (Å²) in [5.41, 5.74) is 1.52. The lowest BCUT2D eigenvalue weighted by molar-refractivity contribution is -0.154. The molecule has 0 N–H and O–H groups in total. The number of hydrogen-bond acceptors (Lipinski definition) is 7. The minimum absolute atomic E-state index is 0.00363. The van der Waals surface area contributed by atoms with Crippen LogP contribution in [0.2, 0.25) is 0 Å². The summed E-state index contributed by atoms with van der Waals surface area (Å²) in [6, 6.07) is 2.63. The molecule has 0 bridgehead atoms. The molecule has 3 heterocycles. The lowest BCUT2D eigenvalue weighted by Crippen LogP contribution is -2.50. The molecule has 0 aromatic carbocycles. The largest absolute Gasteiger partial charge is 0.489 e. The Bertz CT molecular complexity index is 1030. The molecule has 178 valence electrons. The second kappa shape index (κ2) is 8.68. The number of aryl methyl sites for hydroxylation is 1. The van der Waals surface area contributed by atoms with Crippen LogP contribution in [-0.2, 0) is 11.2 Å². The lowest BCUT2D eigenvalue weighted by atomic mass is 9.80. The fourth-order valence-corrected chi connectivity index (χ4v) is 4.14. The van der Waals surface area contributed by atoms with Crippen LogP contribution < -0.4 is 19.3 Å². The first-order chi connectivity index (χ1) is 15.5. The molecule has 33 heavy (non-hydrogen) atoms. The molecular weight excluding hydrogens is 439 g/mol. The van der Waals surface area contributed by atoms with Gasteiger partial charge in [-0.1, -0.05) is 0 Å². The SMILES string of the molecule is Cc1nc(CC2CC(Oc3ccc(OCC(F)(F)F)nc3)C2)nc2c1N(C)C(=O)[C@H](C)N2C. The number of fused-ring (bicyclic) bond motifs is 1. The monoisotopic (exact) mass is 465 g/mol. The molecule has 1 atom stereocenters. The van der Waals surface area contributed by atoms with Crippen LogP contribution in [0.15, 0.2) is 18.3 Å². The minimum Gasteiger partial charge on any atom is -0.489 e. The molecule has 2 aliphatic rings. The third kappa shape index (κ3) is 4.96. The highest BCUT2D eigenvalue weighted by atomic mass is 19.4. The Labute approximate surface area is 189 Å². The van der Waals surface area contributed by atoms with Crippen molar-refractivity contribution in [3.63, 3.8) is 0 Å². The van der Waals surface area contributed by atoms with Gasteiger partial charge in [-0.2, -0.15) is 13.2 Å². The van der Waals surface area contributed by atoms with Crippen molar-refractivity contribution < 1.29 is 27.4 Å². The van der Waals surface area contributed by atoms with Crippen LogP contribution in [0, 0.1) is 12.8 Å². The van der Waals surface area contributed by atoms with Crippen molar-refractivity contribution in [1.29, 1.82) is 0 Å². The number of carbonyl (C=O) groups is 1. The van der Waals surface area contributed by atoms with Crippen molar-refractivity contribution in [3.05, 3.63) is 29.8 Å². The molecule has 11 heteroatoms. The van der Waals surface area contributed by atoms with E-state index in [1.165, 1.54) is 12.3 Å². The average Bonchev–Trinajstić information content (AvgIpc) is 2.73. The van der Waals surface area contributed by atoms with Crippen molar-refractivity contribution >= 4 is 17.4 Å². The first-order valence-corrected chi connectivity index (χ1v) is 10.7. The summed E-state index contributed by atoms with van der Waals surface area (Å²) in [7, 11) is 3.61. The van der Waals surface area contributed by atoms with Crippen LogP contribution in [0.3, 0.4) is 0 Å². The Balaban J connectivity index is 1.32. The van der Waals surface area contributed by atoms with Gasteiger partial charge >= 0.3 is 6.18 Å². The number of amides is 1. The number of rotatable bonds is 6. The molecular formula is C22H26F3N5O3. The number of hydrogen-bond donors (Lipinski definition) is 0. The Morgan fingerprint density at radius 1 is 1.18 bits per heavy atom. The fourth-order valence-electron chi connectivity index (χ4n) is 4.14. The van der Waals surface area contributed by atoms with Gasteiger partial charge < -0.3 is 19.3 Å². The van der Waals surface area contributed by atoms with Gasteiger partial charge in [-0.05, 0) is 38.7 Å². The number of aromatic nitrogens is 3. The van der Waals surface area contributed by atoms with E-state index in [-0.39, 0.29) is 23.9 Å². The normalized spacial score (nSPS) is 22.6. The van der Waals surface area contributed by atoms with Crippen LogP contribution in [0.1, 0.15) is 31.3 Å². The van der Waals surface area contributed by atoms with Gasteiger partial charge in [-0.3, -0.25) is 4.79 Å². The van der Waals surface area contributed by atoms with Crippen LogP contribution in [0.4, 0.5) is 24.7 Å². The number of alkyl halides is 3. The molecule has 8 nitrogen and oxygen atoms in total. The van der Waals surface area contributed by atoms with E-state index in [4.69, 9.17) is 9.72 Å². The molecule has 0 unspecified atom stereocenters. The maximum absolute atomic E-state index is 12.4. The summed E-state index contributed by atoms with van der Waals surface area (Å²) < 4.78 is 47.1. The van der Waals surface area contributed by atoms with Gasteiger partial charge in [-0.25, -0.2) is 15.0 Å². The van der Waals surface area contributed by atoms with Crippen LogP contribution >= 0.6 is 0 Å². The predicted octanol–water partition coefficient (Wildman–Crippen LogP) is 3.32. The predicted molar refractivity (Wildman–Crippen MR) is 115 cm³/mol. The molecule has 1 fully saturated rings. The van der Waals surface area contributed by atoms with Gasteiger partial charge in [-0.15, -0.1) is 0 Å². The van der Waals surface area contributed by atoms with Crippen molar-refractivity contribution in [2.45, 2.75) is 51.4 Å². The van der Waals surface area contributed by atoms with Gasteiger partial charge in [0.15, 0.2) is 12.4 Å².